The third-order valence-corrected chi connectivity index (χ3v) is 5.56. The van der Waals surface area contributed by atoms with Gasteiger partial charge in [0.05, 0.1) is 11.6 Å². The number of carbonyl (C=O) groups excluding carboxylic acids is 1. The van der Waals surface area contributed by atoms with Gasteiger partial charge in [0, 0.05) is 24.5 Å². The summed E-state index contributed by atoms with van der Waals surface area (Å²) in [4.78, 5) is 15.0. The fourth-order valence-corrected chi connectivity index (χ4v) is 4.02. The summed E-state index contributed by atoms with van der Waals surface area (Å²) in [5, 5.41) is 3.36. The van der Waals surface area contributed by atoms with Crippen LogP contribution in [-0.4, -0.2) is 41.6 Å². The Morgan fingerprint density at radius 3 is 2.48 bits per heavy atom. The summed E-state index contributed by atoms with van der Waals surface area (Å²) in [5.41, 5.74) is 4.28. The minimum absolute atomic E-state index is 0.145. The highest BCUT2D eigenvalue weighted by molar-refractivity contribution is 5.95. The zero-order valence-corrected chi connectivity index (χ0v) is 15.7. The minimum Gasteiger partial charge on any atom is -0.341 e. The Balaban J connectivity index is 1.87. The topological polar surface area (TPSA) is 37.3 Å². The van der Waals surface area contributed by atoms with Crippen molar-refractivity contribution in [2.24, 2.45) is 0 Å². The number of carbonyl (C=O) groups is 1. The van der Waals surface area contributed by atoms with Crippen LogP contribution in [0.1, 0.15) is 53.1 Å². The van der Waals surface area contributed by atoms with E-state index in [2.05, 4.69) is 61.0 Å². The fraction of sp³-hybridized carbons (Fsp3) is 0.476. The molecule has 1 amide bonds. The van der Waals surface area contributed by atoms with Crippen LogP contribution in [0, 0.1) is 13.8 Å². The van der Waals surface area contributed by atoms with E-state index in [1.807, 2.05) is 18.0 Å². The Bertz CT molecular complexity index is 729. The zero-order valence-electron chi connectivity index (χ0n) is 15.7. The zero-order chi connectivity index (χ0) is 18.0. The Kier molecular flexibility index (Phi) is 5.28. The number of aryl methyl sites for hydroxylation is 1. The van der Waals surface area contributed by atoms with E-state index in [-0.39, 0.29) is 11.9 Å². The van der Waals surface area contributed by atoms with Gasteiger partial charge in [0.1, 0.15) is 0 Å². The molecule has 0 aliphatic carbocycles. The Morgan fingerprint density at radius 2 is 1.84 bits per heavy atom. The first kappa shape index (κ1) is 17.7. The summed E-state index contributed by atoms with van der Waals surface area (Å²) < 4.78 is 2.28. The number of hydrogen-bond donors (Lipinski definition) is 1. The summed E-state index contributed by atoms with van der Waals surface area (Å²) in [6, 6.07) is 13.1. The number of aromatic nitrogens is 1. The maximum atomic E-state index is 13.1. The molecule has 4 heteroatoms. The fourth-order valence-electron chi connectivity index (χ4n) is 4.02. The summed E-state index contributed by atoms with van der Waals surface area (Å²) in [6.45, 7) is 8.34. The SMILES string of the molecule is Cc1cc(C(=O)N(C)C2CCNCC2)c(C)n1C(C)c1ccccc1. The van der Waals surface area contributed by atoms with E-state index in [0.717, 1.165) is 42.9 Å². The Hall–Kier alpha value is -2.07. The third kappa shape index (κ3) is 3.49. The van der Waals surface area contributed by atoms with Crippen LogP contribution in [0.15, 0.2) is 36.4 Å². The normalized spacial score (nSPS) is 16.6. The van der Waals surface area contributed by atoms with Crippen LogP contribution in [0.4, 0.5) is 0 Å². The van der Waals surface area contributed by atoms with Crippen molar-refractivity contribution in [3.05, 3.63) is 58.9 Å². The van der Waals surface area contributed by atoms with Crippen LogP contribution in [0.2, 0.25) is 0 Å². The van der Waals surface area contributed by atoms with Crippen LogP contribution >= 0.6 is 0 Å². The molecule has 4 nitrogen and oxygen atoms in total. The van der Waals surface area contributed by atoms with Crippen LogP contribution in [0.25, 0.3) is 0 Å². The van der Waals surface area contributed by atoms with Crippen molar-refractivity contribution >= 4 is 5.91 Å². The number of piperidine rings is 1. The molecule has 25 heavy (non-hydrogen) atoms. The predicted octanol–water partition coefficient (Wildman–Crippen LogP) is 3.54. The summed E-state index contributed by atoms with van der Waals surface area (Å²) in [5.74, 6) is 0.145. The lowest BCUT2D eigenvalue weighted by Gasteiger charge is -2.31. The Labute approximate surface area is 150 Å². The lowest BCUT2D eigenvalue weighted by molar-refractivity contribution is 0.0702. The Morgan fingerprint density at radius 1 is 1.20 bits per heavy atom. The van der Waals surface area contributed by atoms with Gasteiger partial charge in [-0.1, -0.05) is 30.3 Å². The second-order valence-electron chi connectivity index (χ2n) is 7.14. The van der Waals surface area contributed by atoms with Gasteiger partial charge in [0.25, 0.3) is 5.91 Å². The van der Waals surface area contributed by atoms with Gasteiger partial charge in [0.15, 0.2) is 0 Å². The average Bonchev–Trinajstić information content (AvgIpc) is 2.95. The quantitative estimate of drug-likeness (QED) is 0.925. The van der Waals surface area contributed by atoms with Crippen molar-refractivity contribution in [3.8, 4) is 0 Å². The first-order valence-electron chi connectivity index (χ1n) is 9.22. The average molecular weight is 339 g/mol. The van der Waals surface area contributed by atoms with E-state index >= 15 is 0 Å². The molecule has 1 fully saturated rings. The van der Waals surface area contributed by atoms with Gasteiger partial charge in [0.2, 0.25) is 0 Å². The third-order valence-electron chi connectivity index (χ3n) is 5.56. The van der Waals surface area contributed by atoms with Gasteiger partial charge < -0.3 is 14.8 Å². The van der Waals surface area contributed by atoms with Gasteiger partial charge in [-0.05, 0) is 58.3 Å². The van der Waals surface area contributed by atoms with Crippen LogP contribution in [0.5, 0.6) is 0 Å². The van der Waals surface area contributed by atoms with Crippen LogP contribution in [-0.2, 0) is 0 Å². The summed E-state index contributed by atoms with van der Waals surface area (Å²) in [6.07, 6.45) is 2.06. The largest absolute Gasteiger partial charge is 0.341 e. The molecule has 0 bridgehead atoms. The van der Waals surface area contributed by atoms with Gasteiger partial charge in [-0.25, -0.2) is 0 Å². The van der Waals surface area contributed by atoms with Crippen molar-refractivity contribution in [2.45, 2.75) is 45.7 Å². The number of benzene rings is 1. The van der Waals surface area contributed by atoms with E-state index in [1.165, 1.54) is 5.56 Å². The highest BCUT2D eigenvalue weighted by Gasteiger charge is 2.26. The molecule has 0 radical (unpaired) electrons. The maximum Gasteiger partial charge on any atom is 0.255 e. The first-order valence-corrected chi connectivity index (χ1v) is 9.22. The molecule has 1 N–H and O–H groups in total. The molecular formula is C21H29N3O. The van der Waals surface area contributed by atoms with Gasteiger partial charge in [-0.3, -0.25) is 4.79 Å². The molecule has 1 aromatic heterocycles. The minimum atomic E-state index is 0.145. The summed E-state index contributed by atoms with van der Waals surface area (Å²) >= 11 is 0. The molecule has 1 aromatic carbocycles. The van der Waals surface area contributed by atoms with Crippen molar-refractivity contribution < 1.29 is 4.79 Å². The molecule has 1 aliphatic heterocycles. The smallest absolute Gasteiger partial charge is 0.255 e. The van der Waals surface area contributed by atoms with Crippen molar-refractivity contribution in [2.75, 3.05) is 20.1 Å². The van der Waals surface area contributed by atoms with E-state index < -0.39 is 0 Å². The maximum absolute atomic E-state index is 13.1. The molecule has 1 aliphatic rings. The number of nitrogens with one attached hydrogen (secondary N) is 1. The molecule has 0 spiro atoms. The van der Waals surface area contributed by atoms with Crippen molar-refractivity contribution in [1.29, 1.82) is 0 Å². The molecule has 134 valence electrons. The molecule has 3 rings (SSSR count). The molecule has 1 saturated heterocycles. The molecule has 0 saturated carbocycles. The number of amides is 1. The highest BCUT2D eigenvalue weighted by atomic mass is 16.2. The molecule has 2 aromatic rings. The number of rotatable bonds is 4. The molecule has 1 atom stereocenters. The first-order chi connectivity index (χ1) is 12.0. The van der Waals surface area contributed by atoms with Crippen LogP contribution < -0.4 is 5.32 Å². The second kappa shape index (κ2) is 7.44. The molecule has 2 heterocycles. The lowest BCUT2D eigenvalue weighted by Crippen LogP contribution is -2.44. The van der Waals surface area contributed by atoms with Gasteiger partial charge >= 0.3 is 0 Å². The van der Waals surface area contributed by atoms with Crippen molar-refractivity contribution in [1.82, 2.24) is 14.8 Å². The second-order valence-corrected chi connectivity index (χ2v) is 7.14. The standard InChI is InChI=1S/C21H29N3O/c1-15-14-20(21(25)23(4)19-10-12-22-13-11-19)17(3)24(15)16(2)18-8-6-5-7-9-18/h5-9,14,16,19,22H,10-13H2,1-4H3. The van der Waals surface area contributed by atoms with Crippen LogP contribution in [0.3, 0.4) is 0 Å². The number of nitrogens with zero attached hydrogens (tertiary/aromatic N) is 2. The van der Waals surface area contributed by atoms with Crippen molar-refractivity contribution in [3.63, 3.8) is 0 Å². The summed E-state index contributed by atoms with van der Waals surface area (Å²) in [7, 11) is 1.95. The molecule has 1 unspecified atom stereocenters. The monoisotopic (exact) mass is 339 g/mol. The van der Waals surface area contributed by atoms with E-state index in [4.69, 9.17) is 0 Å². The highest BCUT2D eigenvalue weighted by Crippen LogP contribution is 2.27. The predicted molar refractivity (Wildman–Crippen MR) is 102 cm³/mol. The van der Waals surface area contributed by atoms with Gasteiger partial charge in [-0.15, -0.1) is 0 Å². The lowest BCUT2D eigenvalue weighted by atomic mass is 10.0. The number of hydrogen-bond acceptors (Lipinski definition) is 2. The van der Waals surface area contributed by atoms with E-state index in [9.17, 15) is 4.79 Å². The van der Waals surface area contributed by atoms with E-state index in [1.54, 1.807) is 0 Å². The molecular weight excluding hydrogens is 310 g/mol. The van der Waals surface area contributed by atoms with E-state index in [0.29, 0.717) is 6.04 Å². The van der Waals surface area contributed by atoms with Gasteiger partial charge in [-0.2, -0.15) is 0 Å².